The third-order valence-electron chi connectivity index (χ3n) is 4.98. The van der Waals surface area contributed by atoms with Crippen LogP contribution in [0.15, 0.2) is 48.5 Å². The smallest absolute Gasteiger partial charge is 0.375 e. The van der Waals surface area contributed by atoms with Gasteiger partial charge >= 0.3 is 19.9 Å². The van der Waals surface area contributed by atoms with Crippen molar-refractivity contribution in [1.29, 1.82) is 0 Å². The maximum Gasteiger partial charge on any atom is 0.414 e. The van der Waals surface area contributed by atoms with Gasteiger partial charge < -0.3 is 9.84 Å². The Bertz CT molecular complexity index is 918. The molecule has 1 N–H and O–H groups in total. The highest BCUT2D eigenvalue weighted by atomic mass is 31.2. The lowest BCUT2D eigenvalue weighted by Crippen LogP contribution is -2.34. The number of carbonyl (C=O) groups is 1. The summed E-state index contributed by atoms with van der Waals surface area (Å²) in [5, 5.41) is 1.60. The van der Waals surface area contributed by atoms with E-state index in [-0.39, 0.29) is 6.16 Å². The van der Waals surface area contributed by atoms with Crippen molar-refractivity contribution in [1.82, 2.24) is 5.32 Å². The molecule has 2 aromatic rings. The van der Waals surface area contributed by atoms with Crippen molar-refractivity contribution < 1.29 is 31.6 Å². The zero-order chi connectivity index (χ0) is 22.5. The topological polar surface area (TPSA) is 64.6 Å². The molecule has 3 rings (SSSR count). The van der Waals surface area contributed by atoms with Gasteiger partial charge in [-0.1, -0.05) is 74.7 Å². The standard InChI is InChI=1S/C22H25F3NO4P/c1-2-3-4-9-14-31(28,30-21(27)26-15-22(23,24)25)29-20-18-12-7-5-10-16(18)17-11-6-8-13-19(17)20/h5-8,10-13,20H,2-4,9,14-15H2,1H3,(H,26,27). The zero-order valence-corrected chi connectivity index (χ0v) is 18.0. The lowest BCUT2D eigenvalue weighted by molar-refractivity contribution is -0.123. The number of halogens is 3. The summed E-state index contributed by atoms with van der Waals surface area (Å²) < 4.78 is 61.7. The Labute approximate surface area is 179 Å². The second kappa shape index (κ2) is 9.88. The number of hydrogen-bond donors (Lipinski definition) is 1. The average Bonchev–Trinajstić information content (AvgIpc) is 3.03. The van der Waals surface area contributed by atoms with Crippen LogP contribution in [-0.2, 0) is 13.6 Å². The molecule has 0 saturated heterocycles. The number of amides is 1. The fourth-order valence-electron chi connectivity index (χ4n) is 3.57. The van der Waals surface area contributed by atoms with Crippen LogP contribution in [0.3, 0.4) is 0 Å². The van der Waals surface area contributed by atoms with Gasteiger partial charge in [0.15, 0.2) is 0 Å². The van der Waals surface area contributed by atoms with Gasteiger partial charge in [0.2, 0.25) is 0 Å². The summed E-state index contributed by atoms with van der Waals surface area (Å²) in [7, 11) is -4.04. The minimum atomic E-state index is -4.60. The van der Waals surface area contributed by atoms with E-state index in [0.29, 0.717) is 6.42 Å². The summed E-state index contributed by atoms with van der Waals surface area (Å²) in [5.74, 6) is 0. The van der Waals surface area contributed by atoms with Gasteiger partial charge in [-0.05, 0) is 28.7 Å². The van der Waals surface area contributed by atoms with Crippen LogP contribution in [0, 0.1) is 0 Å². The zero-order valence-electron chi connectivity index (χ0n) is 17.2. The van der Waals surface area contributed by atoms with E-state index < -0.39 is 32.5 Å². The molecule has 1 aliphatic rings. The van der Waals surface area contributed by atoms with E-state index in [0.717, 1.165) is 41.5 Å². The fourth-order valence-corrected chi connectivity index (χ4v) is 5.28. The van der Waals surface area contributed by atoms with Gasteiger partial charge in [0, 0.05) is 0 Å². The molecule has 1 aliphatic carbocycles. The largest absolute Gasteiger partial charge is 0.414 e. The second-order valence-corrected chi connectivity index (χ2v) is 9.47. The van der Waals surface area contributed by atoms with Crippen molar-refractivity contribution in [2.45, 2.75) is 44.9 Å². The Hall–Kier alpha value is -2.31. The normalized spacial score (nSPS) is 15.1. The first-order chi connectivity index (χ1) is 14.7. The molecule has 9 heteroatoms. The van der Waals surface area contributed by atoms with E-state index in [1.54, 1.807) is 5.32 Å². The highest BCUT2D eigenvalue weighted by Crippen LogP contribution is 2.57. The maximum atomic E-state index is 13.5. The highest BCUT2D eigenvalue weighted by Gasteiger charge is 2.38. The number of fused-ring (bicyclic) bond motifs is 3. The number of alkyl halides is 3. The first-order valence-electron chi connectivity index (χ1n) is 10.2. The molecule has 31 heavy (non-hydrogen) atoms. The van der Waals surface area contributed by atoms with Gasteiger partial charge in [0.1, 0.15) is 12.6 Å². The molecule has 0 bridgehead atoms. The van der Waals surface area contributed by atoms with Gasteiger partial charge in [-0.25, -0.2) is 9.36 Å². The number of nitrogens with one attached hydrogen (secondary N) is 1. The third kappa shape index (κ3) is 6.11. The van der Waals surface area contributed by atoms with Gasteiger partial charge in [0.05, 0.1) is 6.16 Å². The quantitative estimate of drug-likeness (QED) is 0.332. The van der Waals surface area contributed by atoms with Crippen LogP contribution < -0.4 is 5.32 Å². The Balaban J connectivity index is 1.82. The van der Waals surface area contributed by atoms with Gasteiger partial charge in [0.25, 0.3) is 0 Å². The van der Waals surface area contributed by atoms with E-state index in [4.69, 9.17) is 9.05 Å². The van der Waals surface area contributed by atoms with Crippen molar-refractivity contribution in [3.63, 3.8) is 0 Å². The van der Waals surface area contributed by atoms with Gasteiger partial charge in [-0.3, -0.25) is 4.52 Å². The van der Waals surface area contributed by atoms with E-state index in [9.17, 15) is 22.5 Å². The molecule has 0 radical (unpaired) electrons. The number of hydrogen-bond acceptors (Lipinski definition) is 4. The van der Waals surface area contributed by atoms with Crippen LogP contribution in [0.4, 0.5) is 18.0 Å². The van der Waals surface area contributed by atoms with Crippen LogP contribution in [0.2, 0.25) is 0 Å². The molecular formula is C22H25F3NO4P. The monoisotopic (exact) mass is 455 g/mol. The molecule has 1 atom stereocenters. The maximum absolute atomic E-state index is 13.5. The molecule has 0 saturated carbocycles. The Morgan fingerprint density at radius 2 is 1.58 bits per heavy atom. The van der Waals surface area contributed by atoms with Crippen LogP contribution in [0.25, 0.3) is 11.1 Å². The summed E-state index contributed by atoms with van der Waals surface area (Å²) in [5.41, 5.74) is 3.39. The Kier molecular flexibility index (Phi) is 7.44. The summed E-state index contributed by atoms with van der Waals surface area (Å²) in [6, 6.07) is 14.9. The second-order valence-electron chi connectivity index (χ2n) is 7.40. The van der Waals surface area contributed by atoms with Crippen molar-refractivity contribution in [2.24, 2.45) is 0 Å². The van der Waals surface area contributed by atoms with Crippen molar-refractivity contribution in [3.8, 4) is 11.1 Å². The molecule has 0 fully saturated rings. The summed E-state index contributed by atoms with van der Waals surface area (Å²) in [4.78, 5) is 12.0. The molecule has 5 nitrogen and oxygen atoms in total. The highest BCUT2D eigenvalue weighted by molar-refractivity contribution is 7.54. The SMILES string of the molecule is CCCCCCP(=O)(OC(=O)NCC(F)(F)F)OC1c2ccccc2-c2ccccc21. The molecule has 0 spiro atoms. The lowest BCUT2D eigenvalue weighted by Gasteiger charge is -2.23. The average molecular weight is 455 g/mol. The minimum absolute atomic E-state index is 0.0622. The van der Waals surface area contributed by atoms with Crippen LogP contribution in [-0.4, -0.2) is 25.0 Å². The predicted molar refractivity (Wildman–Crippen MR) is 112 cm³/mol. The number of benzene rings is 2. The number of rotatable bonds is 9. The molecule has 0 aromatic heterocycles. The molecule has 168 valence electrons. The first-order valence-corrected chi connectivity index (χ1v) is 11.9. The number of carbonyl (C=O) groups excluding carboxylic acids is 1. The first kappa shape index (κ1) is 23.4. The Morgan fingerprint density at radius 3 is 2.13 bits per heavy atom. The molecule has 1 unspecified atom stereocenters. The number of unbranched alkanes of at least 4 members (excludes halogenated alkanes) is 3. The predicted octanol–water partition coefficient (Wildman–Crippen LogP) is 6.83. The van der Waals surface area contributed by atoms with Gasteiger partial charge in [-0.2, -0.15) is 13.2 Å². The lowest BCUT2D eigenvalue weighted by atomic mass is 10.1. The van der Waals surface area contributed by atoms with Crippen LogP contribution in [0.1, 0.15) is 49.8 Å². The van der Waals surface area contributed by atoms with E-state index in [1.165, 1.54) is 0 Å². The summed E-state index contributed by atoms with van der Waals surface area (Å²) in [6.45, 7) is 0.445. The molecule has 1 amide bonds. The van der Waals surface area contributed by atoms with Crippen LogP contribution in [0.5, 0.6) is 0 Å². The van der Waals surface area contributed by atoms with Crippen molar-refractivity contribution in [3.05, 3.63) is 59.7 Å². The molecule has 0 aliphatic heterocycles. The van der Waals surface area contributed by atoms with Crippen LogP contribution >= 0.6 is 7.60 Å². The summed E-state index contributed by atoms with van der Waals surface area (Å²) in [6.07, 6.45) is -3.75. The van der Waals surface area contributed by atoms with E-state index in [1.807, 2.05) is 55.5 Å². The van der Waals surface area contributed by atoms with Gasteiger partial charge in [-0.15, -0.1) is 0 Å². The summed E-state index contributed by atoms with van der Waals surface area (Å²) >= 11 is 0. The molecular weight excluding hydrogens is 430 g/mol. The Morgan fingerprint density at radius 1 is 1.00 bits per heavy atom. The third-order valence-corrected chi connectivity index (χ3v) is 6.82. The van der Waals surface area contributed by atoms with E-state index in [2.05, 4.69) is 0 Å². The van der Waals surface area contributed by atoms with E-state index >= 15 is 0 Å². The van der Waals surface area contributed by atoms with Crippen molar-refractivity contribution in [2.75, 3.05) is 12.7 Å². The minimum Gasteiger partial charge on any atom is -0.375 e. The fraction of sp³-hybridized carbons (Fsp3) is 0.409. The molecule has 0 heterocycles. The molecule has 2 aromatic carbocycles. The van der Waals surface area contributed by atoms with Crippen molar-refractivity contribution >= 4 is 13.7 Å².